The molecule has 3 nitrogen and oxygen atoms in total. The molecule has 1 atom stereocenters. The molecule has 1 aliphatic heterocycles. The molecule has 0 amide bonds. The standard InChI is InChI=1S/C12H18BrN3/c1-15(2)10-5-6-16(8-10)12-7-9(13)3-4-11(12)14/h3-4,7,10H,5-6,8,14H2,1-2H3. The summed E-state index contributed by atoms with van der Waals surface area (Å²) in [6, 6.07) is 6.69. The van der Waals surface area contributed by atoms with E-state index in [0.717, 1.165) is 28.9 Å². The van der Waals surface area contributed by atoms with Crippen molar-refractivity contribution in [3.63, 3.8) is 0 Å². The number of hydrogen-bond donors (Lipinski definition) is 1. The average molecular weight is 284 g/mol. The van der Waals surface area contributed by atoms with Crippen molar-refractivity contribution in [3.8, 4) is 0 Å². The highest BCUT2D eigenvalue weighted by Gasteiger charge is 2.25. The van der Waals surface area contributed by atoms with E-state index in [-0.39, 0.29) is 0 Å². The number of nitrogens with two attached hydrogens (primary N) is 1. The van der Waals surface area contributed by atoms with Gasteiger partial charge in [-0.1, -0.05) is 15.9 Å². The van der Waals surface area contributed by atoms with Crippen LogP contribution < -0.4 is 10.6 Å². The van der Waals surface area contributed by atoms with Gasteiger partial charge in [-0.15, -0.1) is 0 Å². The smallest absolute Gasteiger partial charge is 0.0611 e. The monoisotopic (exact) mass is 283 g/mol. The maximum absolute atomic E-state index is 6.01. The minimum absolute atomic E-state index is 0.637. The molecule has 1 aromatic rings. The minimum atomic E-state index is 0.637. The fourth-order valence-electron chi connectivity index (χ4n) is 2.17. The number of benzene rings is 1. The molecule has 1 aliphatic rings. The van der Waals surface area contributed by atoms with Crippen molar-refractivity contribution in [2.24, 2.45) is 0 Å². The van der Waals surface area contributed by atoms with Gasteiger partial charge in [0.2, 0.25) is 0 Å². The first-order valence-electron chi connectivity index (χ1n) is 5.54. The van der Waals surface area contributed by atoms with Crippen molar-refractivity contribution in [1.82, 2.24) is 4.90 Å². The summed E-state index contributed by atoms with van der Waals surface area (Å²) in [5, 5.41) is 0. The molecular weight excluding hydrogens is 266 g/mol. The lowest BCUT2D eigenvalue weighted by atomic mass is 10.2. The molecule has 1 saturated heterocycles. The quantitative estimate of drug-likeness (QED) is 0.845. The molecule has 0 spiro atoms. The summed E-state index contributed by atoms with van der Waals surface area (Å²) < 4.78 is 1.09. The highest BCUT2D eigenvalue weighted by molar-refractivity contribution is 9.10. The van der Waals surface area contributed by atoms with Crippen LogP contribution in [0.25, 0.3) is 0 Å². The van der Waals surface area contributed by atoms with Crippen molar-refractivity contribution in [3.05, 3.63) is 22.7 Å². The van der Waals surface area contributed by atoms with Gasteiger partial charge in [0.15, 0.2) is 0 Å². The number of halogens is 1. The van der Waals surface area contributed by atoms with E-state index < -0.39 is 0 Å². The number of likely N-dealkylation sites (N-methyl/N-ethyl adjacent to an activating group) is 1. The topological polar surface area (TPSA) is 32.5 Å². The van der Waals surface area contributed by atoms with Crippen LogP contribution in [-0.4, -0.2) is 38.1 Å². The fourth-order valence-corrected chi connectivity index (χ4v) is 2.52. The van der Waals surface area contributed by atoms with Crippen molar-refractivity contribution in [1.29, 1.82) is 0 Å². The Bertz CT molecular complexity index is 379. The van der Waals surface area contributed by atoms with Gasteiger partial charge in [-0.25, -0.2) is 0 Å². The van der Waals surface area contributed by atoms with Crippen molar-refractivity contribution in [2.45, 2.75) is 12.5 Å². The van der Waals surface area contributed by atoms with Crippen LogP contribution in [0, 0.1) is 0 Å². The lowest BCUT2D eigenvalue weighted by Crippen LogP contribution is -2.31. The molecule has 1 fully saturated rings. The van der Waals surface area contributed by atoms with Crippen molar-refractivity contribution < 1.29 is 0 Å². The fraction of sp³-hybridized carbons (Fsp3) is 0.500. The van der Waals surface area contributed by atoms with Gasteiger partial charge in [-0.2, -0.15) is 0 Å². The largest absolute Gasteiger partial charge is 0.397 e. The van der Waals surface area contributed by atoms with Crippen molar-refractivity contribution in [2.75, 3.05) is 37.8 Å². The second-order valence-electron chi connectivity index (χ2n) is 4.56. The third kappa shape index (κ3) is 2.33. The number of anilines is 2. The maximum atomic E-state index is 6.01. The van der Waals surface area contributed by atoms with E-state index >= 15 is 0 Å². The van der Waals surface area contributed by atoms with Gasteiger partial charge in [0.25, 0.3) is 0 Å². The molecule has 0 aromatic heterocycles. The van der Waals surface area contributed by atoms with Gasteiger partial charge in [0, 0.05) is 23.6 Å². The van der Waals surface area contributed by atoms with Gasteiger partial charge in [0.1, 0.15) is 0 Å². The van der Waals surface area contributed by atoms with Crippen LogP contribution in [0.2, 0.25) is 0 Å². The number of hydrogen-bond acceptors (Lipinski definition) is 3. The molecule has 1 heterocycles. The molecule has 16 heavy (non-hydrogen) atoms. The molecule has 4 heteroatoms. The summed E-state index contributed by atoms with van der Waals surface area (Å²) in [7, 11) is 4.27. The Morgan fingerprint density at radius 1 is 1.44 bits per heavy atom. The van der Waals surface area contributed by atoms with E-state index in [1.165, 1.54) is 6.42 Å². The molecule has 0 aliphatic carbocycles. The Hall–Kier alpha value is -0.740. The van der Waals surface area contributed by atoms with E-state index in [1.54, 1.807) is 0 Å². The summed E-state index contributed by atoms with van der Waals surface area (Å²) in [6.45, 7) is 2.15. The molecule has 0 saturated carbocycles. The first-order chi connectivity index (χ1) is 7.58. The second kappa shape index (κ2) is 4.63. The zero-order valence-corrected chi connectivity index (χ0v) is 11.4. The van der Waals surface area contributed by atoms with Crippen LogP contribution in [0.5, 0.6) is 0 Å². The van der Waals surface area contributed by atoms with Crippen LogP contribution in [0.15, 0.2) is 22.7 Å². The first-order valence-corrected chi connectivity index (χ1v) is 6.33. The highest BCUT2D eigenvalue weighted by Crippen LogP contribution is 2.30. The summed E-state index contributed by atoms with van der Waals surface area (Å²) in [4.78, 5) is 4.65. The van der Waals surface area contributed by atoms with Crippen LogP contribution in [0.1, 0.15) is 6.42 Å². The highest BCUT2D eigenvalue weighted by atomic mass is 79.9. The Balaban J connectivity index is 2.17. The molecule has 2 rings (SSSR count). The second-order valence-corrected chi connectivity index (χ2v) is 5.47. The minimum Gasteiger partial charge on any atom is -0.397 e. The lowest BCUT2D eigenvalue weighted by Gasteiger charge is -2.23. The van der Waals surface area contributed by atoms with Crippen LogP contribution in [0.3, 0.4) is 0 Å². The maximum Gasteiger partial charge on any atom is 0.0611 e. The predicted octanol–water partition coefficient (Wildman–Crippen LogP) is 2.17. The average Bonchev–Trinajstić information content (AvgIpc) is 2.70. The zero-order valence-electron chi connectivity index (χ0n) is 9.78. The Morgan fingerprint density at radius 2 is 2.19 bits per heavy atom. The summed E-state index contributed by atoms with van der Waals surface area (Å²) in [5.41, 5.74) is 8.03. The number of nitrogen functional groups attached to an aromatic ring is 1. The summed E-state index contributed by atoms with van der Waals surface area (Å²) in [6.07, 6.45) is 1.21. The third-order valence-electron chi connectivity index (χ3n) is 3.23. The van der Waals surface area contributed by atoms with Gasteiger partial charge in [-0.05, 0) is 38.7 Å². The van der Waals surface area contributed by atoms with Gasteiger partial charge in [-0.3, -0.25) is 0 Å². The molecule has 1 aromatic carbocycles. The van der Waals surface area contributed by atoms with E-state index in [1.807, 2.05) is 12.1 Å². The van der Waals surface area contributed by atoms with Crippen LogP contribution in [0.4, 0.5) is 11.4 Å². The van der Waals surface area contributed by atoms with Crippen LogP contribution >= 0.6 is 15.9 Å². The molecule has 1 unspecified atom stereocenters. The van der Waals surface area contributed by atoms with E-state index in [9.17, 15) is 0 Å². The summed E-state index contributed by atoms with van der Waals surface area (Å²) in [5.74, 6) is 0. The molecule has 88 valence electrons. The van der Waals surface area contributed by atoms with Gasteiger partial charge in [0.05, 0.1) is 11.4 Å². The number of rotatable bonds is 2. The van der Waals surface area contributed by atoms with Gasteiger partial charge < -0.3 is 15.5 Å². The first kappa shape index (κ1) is 11.7. The Kier molecular flexibility index (Phi) is 3.40. The predicted molar refractivity (Wildman–Crippen MR) is 72.9 cm³/mol. The number of nitrogens with zero attached hydrogens (tertiary/aromatic N) is 2. The third-order valence-corrected chi connectivity index (χ3v) is 3.72. The van der Waals surface area contributed by atoms with E-state index in [2.05, 4.69) is 45.9 Å². The van der Waals surface area contributed by atoms with E-state index in [0.29, 0.717) is 6.04 Å². The molecule has 2 N–H and O–H groups in total. The molecular formula is C12H18BrN3. The SMILES string of the molecule is CN(C)C1CCN(c2cc(Br)ccc2N)C1. The molecule has 0 radical (unpaired) electrons. The molecule has 0 bridgehead atoms. The van der Waals surface area contributed by atoms with Crippen LogP contribution in [-0.2, 0) is 0 Å². The Labute approximate surface area is 105 Å². The zero-order chi connectivity index (χ0) is 11.7. The van der Waals surface area contributed by atoms with E-state index in [4.69, 9.17) is 5.73 Å². The van der Waals surface area contributed by atoms with Crippen molar-refractivity contribution >= 4 is 27.3 Å². The lowest BCUT2D eigenvalue weighted by molar-refractivity contribution is 0.315. The Morgan fingerprint density at radius 3 is 2.81 bits per heavy atom. The summed E-state index contributed by atoms with van der Waals surface area (Å²) >= 11 is 3.49. The van der Waals surface area contributed by atoms with Gasteiger partial charge >= 0.3 is 0 Å². The normalized spacial score (nSPS) is 20.8.